The number of likely N-dealkylation sites (N-methyl/N-ethyl adjacent to an activating group) is 1. The molecule has 3 rings (SSSR count). The smallest absolute Gasteiger partial charge is 0.260 e. The summed E-state index contributed by atoms with van der Waals surface area (Å²) in [5.41, 5.74) is 0.961. The molecular weight excluding hydrogens is 427 g/mol. The highest BCUT2D eigenvalue weighted by atomic mass is 32.2. The van der Waals surface area contributed by atoms with Crippen LogP contribution in [0, 0.1) is 5.82 Å². The quantitative estimate of drug-likeness (QED) is 0.553. The fourth-order valence-electron chi connectivity index (χ4n) is 2.72. The first-order valence-electron chi connectivity index (χ1n) is 9.15. The van der Waals surface area contributed by atoms with Crippen LogP contribution in [0.25, 0.3) is 10.2 Å². The predicted octanol–water partition coefficient (Wildman–Crippen LogP) is 2.89. The monoisotopic (exact) mass is 450 g/mol. The van der Waals surface area contributed by atoms with Gasteiger partial charge in [-0.15, -0.1) is 0 Å². The van der Waals surface area contributed by atoms with Gasteiger partial charge in [0.1, 0.15) is 5.82 Å². The van der Waals surface area contributed by atoms with Crippen LogP contribution in [0.1, 0.15) is 10.4 Å². The number of rotatable bonds is 7. The number of hydrogen-bond acceptors (Lipinski definition) is 6. The van der Waals surface area contributed by atoms with E-state index in [1.165, 1.54) is 66.7 Å². The van der Waals surface area contributed by atoms with E-state index in [0.29, 0.717) is 34.0 Å². The van der Waals surface area contributed by atoms with Gasteiger partial charge in [-0.05, 0) is 56.6 Å². The number of fused-ring (bicyclic) bond motifs is 1. The molecule has 0 radical (unpaired) electrons. The van der Waals surface area contributed by atoms with E-state index in [9.17, 15) is 17.6 Å². The summed E-state index contributed by atoms with van der Waals surface area (Å²) < 4.78 is 39.8. The Kier molecular flexibility index (Phi) is 6.51. The Morgan fingerprint density at radius 3 is 2.30 bits per heavy atom. The number of carbonyl (C=O) groups excluding carboxylic acids is 1. The third-order valence-electron chi connectivity index (χ3n) is 4.47. The largest absolute Gasteiger partial charge is 0.308 e. The van der Waals surface area contributed by atoms with Crippen LogP contribution >= 0.6 is 11.3 Å². The zero-order valence-corrected chi connectivity index (χ0v) is 18.8. The lowest BCUT2D eigenvalue weighted by Gasteiger charge is -2.22. The van der Waals surface area contributed by atoms with Crippen LogP contribution in [0.15, 0.2) is 47.4 Å². The molecule has 1 heterocycles. The van der Waals surface area contributed by atoms with E-state index < -0.39 is 10.0 Å². The normalized spacial score (nSPS) is 12.1. The number of sulfonamides is 1. The van der Waals surface area contributed by atoms with Gasteiger partial charge in [0.05, 0.1) is 15.1 Å². The Hall–Kier alpha value is -2.40. The van der Waals surface area contributed by atoms with Crippen molar-refractivity contribution < 1.29 is 17.6 Å². The average Bonchev–Trinajstić information content (AvgIpc) is 3.10. The zero-order chi connectivity index (χ0) is 22.1. The molecule has 0 N–H and O–H groups in total. The Balaban J connectivity index is 1.95. The van der Waals surface area contributed by atoms with E-state index in [1.807, 2.05) is 19.0 Å². The lowest BCUT2D eigenvalue weighted by molar-refractivity contribution is 0.0985. The number of halogens is 1. The van der Waals surface area contributed by atoms with Crippen LogP contribution in [0.4, 0.5) is 9.52 Å². The fourth-order valence-corrected chi connectivity index (χ4v) is 4.64. The van der Waals surface area contributed by atoms with E-state index >= 15 is 0 Å². The Morgan fingerprint density at radius 2 is 1.70 bits per heavy atom. The highest BCUT2D eigenvalue weighted by Crippen LogP contribution is 2.30. The molecule has 0 fully saturated rings. The van der Waals surface area contributed by atoms with Gasteiger partial charge in [-0.25, -0.2) is 22.1 Å². The third-order valence-corrected chi connectivity index (χ3v) is 7.34. The minimum atomic E-state index is -3.58. The number of thiazole rings is 1. The number of nitrogens with zero attached hydrogens (tertiary/aromatic N) is 4. The highest BCUT2D eigenvalue weighted by Gasteiger charge is 2.23. The molecule has 160 valence electrons. The molecule has 10 heteroatoms. The molecule has 3 aromatic rings. The van der Waals surface area contributed by atoms with Gasteiger partial charge in [-0.2, -0.15) is 0 Å². The van der Waals surface area contributed by atoms with Gasteiger partial charge in [0, 0.05) is 32.7 Å². The third kappa shape index (κ3) is 4.67. The van der Waals surface area contributed by atoms with Gasteiger partial charge in [0.2, 0.25) is 10.0 Å². The van der Waals surface area contributed by atoms with Crippen LogP contribution in [0.2, 0.25) is 0 Å². The summed E-state index contributed by atoms with van der Waals surface area (Å²) >= 11 is 1.24. The molecule has 0 bridgehead atoms. The molecule has 0 saturated heterocycles. The molecule has 1 amide bonds. The van der Waals surface area contributed by atoms with Gasteiger partial charge < -0.3 is 4.90 Å². The SMILES string of the molecule is CN(C)CCN(C(=O)c1ccc(S(=O)(=O)N(C)C)cc1)c1nc2ccc(F)cc2s1. The van der Waals surface area contributed by atoms with Crippen molar-refractivity contribution in [1.82, 2.24) is 14.2 Å². The van der Waals surface area contributed by atoms with E-state index in [4.69, 9.17) is 0 Å². The molecule has 7 nitrogen and oxygen atoms in total. The molecule has 0 aliphatic rings. The summed E-state index contributed by atoms with van der Waals surface area (Å²) in [5, 5.41) is 0.465. The van der Waals surface area contributed by atoms with E-state index in [1.54, 1.807) is 6.07 Å². The number of amides is 1. The van der Waals surface area contributed by atoms with Crippen molar-refractivity contribution in [2.45, 2.75) is 4.90 Å². The predicted molar refractivity (Wildman–Crippen MR) is 117 cm³/mol. The summed E-state index contributed by atoms with van der Waals surface area (Å²) in [6.07, 6.45) is 0. The molecule has 0 saturated carbocycles. The number of carbonyl (C=O) groups is 1. The summed E-state index contributed by atoms with van der Waals surface area (Å²) in [4.78, 5) is 21.3. The first kappa shape index (κ1) is 22.3. The number of anilines is 1. The number of aromatic nitrogens is 1. The van der Waals surface area contributed by atoms with Crippen LogP contribution in [-0.4, -0.2) is 69.8 Å². The Labute approximate surface area is 179 Å². The minimum absolute atomic E-state index is 0.111. The van der Waals surface area contributed by atoms with E-state index in [0.717, 1.165) is 4.31 Å². The summed E-state index contributed by atoms with van der Waals surface area (Å²) in [6.45, 7) is 0.981. The second-order valence-electron chi connectivity index (χ2n) is 7.18. The van der Waals surface area contributed by atoms with E-state index in [2.05, 4.69) is 4.98 Å². The van der Waals surface area contributed by atoms with Crippen molar-refractivity contribution in [2.75, 3.05) is 46.2 Å². The molecule has 2 aromatic carbocycles. The van der Waals surface area contributed by atoms with Crippen LogP contribution < -0.4 is 4.90 Å². The lowest BCUT2D eigenvalue weighted by Crippen LogP contribution is -2.36. The van der Waals surface area contributed by atoms with E-state index in [-0.39, 0.29) is 16.6 Å². The van der Waals surface area contributed by atoms with Gasteiger partial charge in [0.25, 0.3) is 5.91 Å². The molecular formula is C20H23FN4O3S2. The topological polar surface area (TPSA) is 73.8 Å². The standard InChI is InChI=1S/C20H23FN4O3S2/c1-23(2)11-12-25(20-22-17-10-7-15(21)13-18(17)29-20)19(26)14-5-8-16(9-6-14)30(27,28)24(3)4/h5-10,13H,11-12H2,1-4H3. The molecule has 30 heavy (non-hydrogen) atoms. The molecule has 0 aliphatic carbocycles. The van der Waals surface area contributed by atoms with Crippen molar-refractivity contribution in [3.8, 4) is 0 Å². The Morgan fingerprint density at radius 1 is 1.03 bits per heavy atom. The first-order chi connectivity index (χ1) is 14.1. The molecule has 0 aliphatic heterocycles. The summed E-state index contributed by atoms with van der Waals surface area (Å²) in [6, 6.07) is 10.1. The second-order valence-corrected chi connectivity index (χ2v) is 10.3. The number of hydrogen-bond donors (Lipinski definition) is 0. The maximum atomic E-state index is 13.6. The van der Waals surface area contributed by atoms with Crippen molar-refractivity contribution in [3.05, 3.63) is 53.8 Å². The minimum Gasteiger partial charge on any atom is -0.308 e. The van der Waals surface area contributed by atoms with Crippen molar-refractivity contribution in [1.29, 1.82) is 0 Å². The highest BCUT2D eigenvalue weighted by molar-refractivity contribution is 7.89. The van der Waals surface area contributed by atoms with Gasteiger partial charge in [0.15, 0.2) is 5.13 Å². The van der Waals surface area contributed by atoms with Crippen LogP contribution in [-0.2, 0) is 10.0 Å². The molecule has 1 aromatic heterocycles. The van der Waals surface area contributed by atoms with Crippen LogP contribution in [0.3, 0.4) is 0 Å². The molecule has 0 unspecified atom stereocenters. The summed E-state index contributed by atoms with van der Waals surface area (Å²) in [7, 11) is 3.12. The zero-order valence-electron chi connectivity index (χ0n) is 17.2. The second kappa shape index (κ2) is 8.76. The van der Waals surface area contributed by atoms with Crippen molar-refractivity contribution >= 4 is 42.6 Å². The molecule has 0 spiro atoms. The van der Waals surface area contributed by atoms with Crippen molar-refractivity contribution in [3.63, 3.8) is 0 Å². The Bertz CT molecular complexity index is 1160. The van der Waals surface area contributed by atoms with Crippen molar-refractivity contribution in [2.24, 2.45) is 0 Å². The van der Waals surface area contributed by atoms with Gasteiger partial charge in [-0.3, -0.25) is 9.69 Å². The first-order valence-corrected chi connectivity index (χ1v) is 11.4. The van der Waals surface area contributed by atoms with Crippen LogP contribution in [0.5, 0.6) is 0 Å². The maximum absolute atomic E-state index is 13.6. The summed E-state index contributed by atoms with van der Waals surface area (Å²) in [5.74, 6) is -0.660. The molecule has 0 atom stereocenters. The fraction of sp³-hybridized carbons (Fsp3) is 0.300. The number of benzene rings is 2. The van der Waals surface area contributed by atoms with Gasteiger partial charge in [-0.1, -0.05) is 11.3 Å². The lowest BCUT2D eigenvalue weighted by atomic mass is 10.2. The van der Waals surface area contributed by atoms with Gasteiger partial charge >= 0.3 is 0 Å². The maximum Gasteiger partial charge on any atom is 0.260 e. The average molecular weight is 451 g/mol.